The number of aliphatic hydroxyl groups excluding tert-OH is 1. The second-order valence-electron chi connectivity index (χ2n) is 7.36. The van der Waals surface area contributed by atoms with Crippen LogP contribution in [0.4, 0.5) is 0 Å². The first-order valence-corrected chi connectivity index (χ1v) is 8.77. The topological polar surface area (TPSA) is 35.5 Å². The molecule has 0 aromatic heterocycles. The third kappa shape index (κ3) is 5.01. The van der Waals surface area contributed by atoms with Crippen LogP contribution in [0, 0.1) is 11.8 Å². The fraction of sp³-hybridized carbons (Fsp3) is 1.00. The summed E-state index contributed by atoms with van der Waals surface area (Å²) in [5, 5.41) is 12.9. The molecule has 2 atom stereocenters. The zero-order valence-electron chi connectivity index (χ0n) is 13.5. The maximum absolute atomic E-state index is 9.09. The Morgan fingerprint density at radius 1 is 1.20 bits per heavy atom. The summed E-state index contributed by atoms with van der Waals surface area (Å²) in [5.74, 6) is 1.51. The van der Waals surface area contributed by atoms with Crippen LogP contribution in [-0.4, -0.2) is 48.3 Å². The third-order valence-electron chi connectivity index (χ3n) is 4.99. The van der Waals surface area contributed by atoms with E-state index in [1.807, 2.05) is 0 Å². The molecule has 2 unspecified atom stereocenters. The van der Waals surface area contributed by atoms with Crippen LogP contribution in [0.3, 0.4) is 0 Å². The van der Waals surface area contributed by atoms with Gasteiger partial charge in [0.2, 0.25) is 0 Å². The Morgan fingerprint density at radius 2 is 1.95 bits per heavy atom. The van der Waals surface area contributed by atoms with Crippen molar-refractivity contribution in [2.75, 3.05) is 26.2 Å². The standard InChI is InChI=1S/C17H34N2O/c1-14(2)11-18-16-10-15(6-5-9-20)12-19(13-16)17-7-3-4-8-17/h14-18,20H,3-13H2,1-2H3. The predicted octanol–water partition coefficient (Wildman–Crippen LogP) is 2.64. The monoisotopic (exact) mass is 282 g/mol. The van der Waals surface area contributed by atoms with Gasteiger partial charge in [0.05, 0.1) is 0 Å². The Bertz CT molecular complexity index is 264. The lowest BCUT2D eigenvalue weighted by Gasteiger charge is -2.41. The van der Waals surface area contributed by atoms with Crippen LogP contribution in [0.25, 0.3) is 0 Å². The average Bonchev–Trinajstić information content (AvgIpc) is 2.97. The highest BCUT2D eigenvalue weighted by molar-refractivity contribution is 4.88. The van der Waals surface area contributed by atoms with Crippen molar-refractivity contribution in [2.45, 2.75) is 70.9 Å². The highest BCUT2D eigenvalue weighted by Gasteiger charge is 2.32. The largest absolute Gasteiger partial charge is 0.396 e. The maximum atomic E-state index is 9.09. The Labute approximate surface area is 125 Å². The lowest BCUT2D eigenvalue weighted by molar-refractivity contribution is 0.0908. The molecule has 0 aromatic carbocycles. The Balaban J connectivity index is 1.87. The highest BCUT2D eigenvalue weighted by Crippen LogP contribution is 2.29. The molecule has 1 saturated carbocycles. The minimum atomic E-state index is 0.351. The SMILES string of the molecule is CC(C)CNC1CC(CCCO)CN(C2CCCC2)C1. The molecule has 1 aliphatic heterocycles. The summed E-state index contributed by atoms with van der Waals surface area (Å²) in [4.78, 5) is 2.76. The molecule has 0 spiro atoms. The fourth-order valence-corrected chi connectivity index (χ4v) is 3.95. The first-order chi connectivity index (χ1) is 9.69. The van der Waals surface area contributed by atoms with Crippen molar-refractivity contribution < 1.29 is 5.11 Å². The van der Waals surface area contributed by atoms with Crippen LogP contribution in [-0.2, 0) is 0 Å². The zero-order valence-corrected chi connectivity index (χ0v) is 13.5. The van der Waals surface area contributed by atoms with Crippen LogP contribution in [0.5, 0.6) is 0 Å². The quantitative estimate of drug-likeness (QED) is 0.753. The van der Waals surface area contributed by atoms with E-state index in [1.165, 1.54) is 51.6 Å². The molecule has 2 rings (SSSR count). The molecule has 1 heterocycles. The summed E-state index contributed by atoms with van der Waals surface area (Å²) in [7, 11) is 0. The van der Waals surface area contributed by atoms with Gasteiger partial charge in [-0.05, 0) is 50.5 Å². The van der Waals surface area contributed by atoms with Crippen molar-refractivity contribution in [3.8, 4) is 0 Å². The van der Waals surface area contributed by atoms with Crippen LogP contribution < -0.4 is 5.32 Å². The molecule has 2 fully saturated rings. The van der Waals surface area contributed by atoms with Gasteiger partial charge >= 0.3 is 0 Å². The van der Waals surface area contributed by atoms with Crippen LogP contribution >= 0.6 is 0 Å². The van der Waals surface area contributed by atoms with E-state index in [0.717, 1.165) is 30.8 Å². The summed E-state index contributed by atoms with van der Waals surface area (Å²) >= 11 is 0. The normalized spacial score (nSPS) is 29.4. The van der Waals surface area contributed by atoms with Crippen LogP contribution in [0.2, 0.25) is 0 Å². The Kier molecular flexibility index (Phi) is 6.79. The van der Waals surface area contributed by atoms with Gasteiger partial charge in [0, 0.05) is 31.8 Å². The molecule has 0 amide bonds. The van der Waals surface area contributed by atoms with E-state index in [1.54, 1.807) is 0 Å². The van der Waals surface area contributed by atoms with Gasteiger partial charge in [-0.1, -0.05) is 26.7 Å². The number of nitrogens with one attached hydrogen (secondary N) is 1. The van der Waals surface area contributed by atoms with Gasteiger partial charge in [0.25, 0.3) is 0 Å². The van der Waals surface area contributed by atoms with Gasteiger partial charge < -0.3 is 10.4 Å². The molecule has 1 saturated heterocycles. The summed E-state index contributed by atoms with van der Waals surface area (Å²) < 4.78 is 0. The van der Waals surface area contributed by atoms with Gasteiger partial charge in [-0.25, -0.2) is 0 Å². The maximum Gasteiger partial charge on any atom is 0.0431 e. The number of likely N-dealkylation sites (tertiary alicyclic amines) is 1. The molecule has 3 heteroatoms. The summed E-state index contributed by atoms with van der Waals surface area (Å²) in [5.41, 5.74) is 0. The second kappa shape index (κ2) is 8.35. The first kappa shape index (κ1) is 16.3. The average molecular weight is 282 g/mol. The lowest BCUT2D eigenvalue weighted by atomic mass is 9.89. The van der Waals surface area contributed by atoms with Crippen molar-refractivity contribution in [2.24, 2.45) is 11.8 Å². The van der Waals surface area contributed by atoms with Crippen molar-refractivity contribution in [3.05, 3.63) is 0 Å². The molecule has 1 aliphatic carbocycles. The molecule has 118 valence electrons. The minimum Gasteiger partial charge on any atom is -0.396 e. The predicted molar refractivity (Wildman–Crippen MR) is 84.9 cm³/mol. The van der Waals surface area contributed by atoms with Crippen molar-refractivity contribution in [3.63, 3.8) is 0 Å². The number of piperidine rings is 1. The van der Waals surface area contributed by atoms with Crippen molar-refractivity contribution in [1.82, 2.24) is 10.2 Å². The highest BCUT2D eigenvalue weighted by atomic mass is 16.2. The molecule has 0 bridgehead atoms. The lowest BCUT2D eigenvalue weighted by Crippen LogP contribution is -2.52. The zero-order chi connectivity index (χ0) is 14.4. The molecular weight excluding hydrogens is 248 g/mol. The summed E-state index contributed by atoms with van der Waals surface area (Å²) in [6.45, 7) is 8.57. The molecule has 2 aliphatic rings. The van der Waals surface area contributed by atoms with Crippen molar-refractivity contribution >= 4 is 0 Å². The Hall–Kier alpha value is -0.120. The third-order valence-corrected chi connectivity index (χ3v) is 4.99. The van der Waals surface area contributed by atoms with E-state index < -0.39 is 0 Å². The van der Waals surface area contributed by atoms with Gasteiger partial charge in [-0.3, -0.25) is 4.90 Å². The van der Waals surface area contributed by atoms with Gasteiger partial charge in [-0.2, -0.15) is 0 Å². The Morgan fingerprint density at radius 3 is 2.60 bits per heavy atom. The van der Waals surface area contributed by atoms with E-state index >= 15 is 0 Å². The van der Waals surface area contributed by atoms with Crippen LogP contribution in [0.1, 0.15) is 58.8 Å². The molecule has 3 nitrogen and oxygen atoms in total. The van der Waals surface area contributed by atoms with E-state index in [2.05, 4.69) is 24.1 Å². The van der Waals surface area contributed by atoms with Crippen LogP contribution in [0.15, 0.2) is 0 Å². The van der Waals surface area contributed by atoms with Gasteiger partial charge in [0.15, 0.2) is 0 Å². The second-order valence-corrected chi connectivity index (χ2v) is 7.36. The summed E-state index contributed by atoms with van der Waals surface area (Å²) in [6.07, 6.45) is 9.13. The van der Waals surface area contributed by atoms with Gasteiger partial charge in [0.1, 0.15) is 0 Å². The first-order valence-electron chi connectivity index (χ1n) is 8.77. The van der Waals surface area contributed by atoms with E-state index in [4.69, 9.17) is 5.11 Å². The van der Waals surface area contributed by atoms with Crippen molar-refractivity contribution in [1.29, 1.82) is 0 Å². The number of nitrogens with zero attached hydrogens (tertiary/aromatic N) is 1. The van der Waals surface area contributed by atoms with E-state index in [9.17, 15) is 0 Å². The van der Waals surface area contributed by atoms with E-state index in [-0.39, 0.29) is 0 Å². The molecule has 0 radical (unpaired) electrons. The summed E-state index contributed by atoms with van der Waals surface area (Å²) in [6, 6.07) is 1.51. The smallest absolute Gasteiger partial charge is 0.0431 e. The van der Waals surface area contributed by atoms with E-state index in [0.29, 0.717) is 12.6 Å². The number of rotatable bonds is 7. The molecule has 20 heavy (non-hydrogen) atoms. The fourth-order valence-electron chi connectivity index (χ4n) is 3.95. The van der Waals surface area contributed by atoms with Gasteiger partial charge in [-0.15, -0.1) is 0 Å². The minimum absolute atomic E-state index is 0.351. The molecule has 0 aromatic rings. The number of hydrogen-bond donors (Lipinski definition) is 2. The molecular formula is C17H34N2O. The number of hydrogen-bond acceptors (Lipinski definition) is 3. The molecule has 2 N–H and O–H groups in total. The number of aliphatic hydroxyl groups is 1.